The van der Waals surface area contributed by atoms with E-state index in [4.69, 9.17) is 21.2 Å². The van der Waals surface area contributed by atoms with Gasteiger partial charge in [-0.05, 0) is 30.7 Å². The van der Waals surface area contributed by atoms with Crippen molar-refractivity contribution in [2.24, 2.45) is 0 Å². The van der Waals surface area contributed by atoms with E-state index in [0.717, 1.165) is 5.56 Å². The van der Waals surface area contributed by atoms with Gasteiger partial charge in [-0.2, -0.15) is 5.26 Å². The zero-order chi connectivity index (χ0) is 12.5. The Hall–Kier alpha value is -2.39. The number of terminal acetylenes is 1. The molecule has 0 spiro atoms. The molecule has 0 aliphatic rings. The standard InChI is InChI=1S/C14H13NO2/c1-3-10-17-13-8-7-12(6-5-9-15)11-14(13)16-4-2/h1,5-8,11H,4,10H2,2H3. The van der Waals surface area contributed by atoms with E-state index in [1.54, 1.807) is 12.1 Å². The molecule has 0 fully saturated rings. The molecule has 0 unspecified atom stereocenters. The number of nitrogens with zero attached hydrogens (tertiary/aromatic N) is 1. The van der Waals surface area contributed by atoms with Crippen molar-refractivity contribution in [3.63, 3.8) is 0 Å². The molecular weight excluding hydrogens is 214 g/mol. The average molecular weight is 227 g/mol. The van der Waals surface area contributed by atoms with Gasteiger partial charge in [0.2, 0.25) is 0 Å². The summed E-state index contributed by atoms with van der Waals surface area (Å²) in [5.41, 5.74) is 0.878. The molecule has 1 aromatic carbocycles. The summed E-state index contributed by atoms with van der Waals surface area (Å²) in [7, 11) is 0. The van der Waals surface area contributed by atoms with Crippen LogP contribution < -0.4 is 9.47 Å². The molecule has 0 N–H and O–H groups in total. The molecule has 0 saturated heterocycles. The van der Waals surface area contributed by atoms with Crippen molar-refractivity contribution in [3.05, 3.63) is 29.8 Å². The SMILES string of the molecule is C#CCOc1ccc(C=CC#N)cc1OCC. The molecule has 0 radical (unpaired) electrons. The highest BCUT2D eigenvalue weighted by Gasteiger charge is 2.04. The number of hydrogen-bond acceptors (Lipinski definition) is 3. The van der Waals surface area contributed by atoms with E-state index >= 15 is 0 Å². The van der Waals surface area contributed by atoms with Gasteiger partial charge in [-0.15, -0.1) is 6.42 Å². The minimum atomic E-state index is 0.202. The predicted molar refractivity (Wildman–Crippen MR) is 66.6 cm³/mol. The highest BCUT2D eigenvalue weighted by Crippen LogP contribution is 2.28. The van der Waals surface area contributed by atoms with Crippen molar-refractivity contribution in [3.8, 4) is 29.9 Å². The molecule has 0 heterocycles. The number of nitriles is 1. The van der Waals surface area contributed by atoms with Crippen LogP contribution in [0.3, 0.4) is 0 Å². The second kappa shape index (κ2) is 6.98. The molecule has 86 valence electrons. The van der Waals surface area contributed by atoms with Crippen LogP contribution in [0.15, 0.2) is 24.3 Å². The summed E-state index contributed by atoms with van der Waals surface area (Å²) in [5.74, 6) is 3.64. The number of benzene rings is 1. The lowest BCUT2D eigenvalue weighted by Gasteiger charge is -2.10. The third-order valence-corrected chi connectivity index (χ3v) is 1.93. The van der Waals surface area contributed by atoms with Gasteiger partial charge in [0.25, 0.3) is 0 Å². The van der Waals surface area contributed by atoms with E-state index in [1.807, 2.05) is 25.1 Å². The summed E-state index contributed by atoms with van der Waals surface area (Å²) in [6.07, 6.45) is 8.24. The van der Waals surface area contributed by atoms with E-state index in [1.165, 1.54) is 6.08 Å². The van der Waals surface area contributed by atoms with Crippen molar-refractivity contribution in [1.82, 2.24) is 0 Å². The molecule has 0 aliphatic heterocycles. The number of hydrogen-bond donors (Lipinski definition) is 0. The molecule has 3 heteroatoms. The van der Waals surface area contributed by atoms with Gasteiger partial charge in [0.05, 0.1) is 12.7 Å². The van der Waals surface area contributed by atoms with Gasteiger partial charge < -0.3 is 9.47 Å². The topological polar surface area (TPSA) is 42.2 Å². The van der Waals surface area contributed by atoms with Crippen LogP contribution >= 0.6 is 0 Å². The van der Waals surface area contributed by atoms with Crippen LogP contribution in [0.25, 0.3) is 6.08 Å². The lowest BCUT2D eigenvalue weighted by Crippen LogP contribution is -1.99. The molecule has 0 aromatic heterocycles. The second-order valence-electron chi connectivity index (χ2n) is 3.09. The molecule has 0 aliphatic carbocycles. The fourth-order valence-electron chi connectivity index (χ4n) is 1.27. The molecule has 0 atom stereocenters. The van der Waals surface area contributed by atoms with Crippen molar-refractivity contribution < 1.29 is 9.47 Å². The molecule has 0 amide bonds. The Bertz CT molecular complexity index is 478. The fourth-order valence-corrected chi connectivity index (χ4v) is 1.27. The van der Waals surface area contributed by atoms with Crippen LogP contribution in [0.5, 0.6) is 11.5 Å². The van der Waals surface area contributed by atoms with Crippen molar-refractivity contribution in [2.75, 3.05) is 13.2 Å². The monoisotopic (exact) mass is 227 g/mol. The van der Waals surface area contributed by atoms with Crippen LogP contribution in [0.2, 0.25) is 0 Å². The zero-order valence-corrected chi connectivity index (χ0v) is 9.64. The first-order chi connectivity index (χ1) is 8.31. The van der Waals surface area contributed by atoms with Crippen LogP contribution in [0.1, 0.15) is 12.5 Å². The van der Waals surface area contributed by atoms with E-state index in [9.17, 15) is 0 Å². The normalized spacial score (nSPS) is 9.59. The smallest absolute Gasteiger partial charge is 0.162 e. The Balaban J connectivity index is 2.96. The Labute approximate surface area is 101 Å². The molecule has 0 bridgehead atoms. The maximum Gasteiger partial charge on any atom is 0.162 e. The third kappa shape index (κ3) is 3.93. The number of rotatable bonds is 5. The minimum absolute atomic E-state index is 0.202. The van der Waals surface area contributed by atoms with Gasteiger partial charge in [-0.25, -0.2) is 0 Å². The van der Waals surface area contributed by atoms with E-state index in [-0.39, 0.29) is 6.61 Å². The number of allylic oxidation sites excluding steroid dienone is 1. The van der Waals surface area contributed by atoms with E-state index in [0.29, 0.717) is 18.1 Å². The first-order valence-electron chi connectivity index (χ1n) is 5.21. The zero-order valence-electron chi connectivity index (χ0n) is 9.64. The van der Waals surface area contributed by atoms with Gasteiger partial charge in [0.1, 0.15) is 6.61 Å². The lowest BCUT2D eigenvalue weighted by atomic mass is 10.2. The highest BCUT2D eigenvalue weighted by molar-refractivity contribution is 5.57. The minimum Gasteiger partial charge on any atom is -0.490 e. The summed E-state index contributed by atoms with van der Waals surface area (Å²) in [6.45, 7) is 2.63. The second-order valence-corrected chi connectivity index (χ2v) is 3.09. The summed E-state index contributed by atoms with van der Waals surface area (Å²) in [6, 6.07) is 7.36. The summed E-state index contributed by atoms with van der Waals surface area (Å²) in [5, 5.41) is 8.46. The van der Waals surface area contributed by atoms with Crippen molar-refractivity contribution in [2.45, 2.75) is 6.92 Å². The van der Waals surface area contributed by atoms with Gasteiger partial charge in [-0.3, -0.25) is 0 Å². The molecule has 3 nitrogen and oxygen atoms in total. The lowest BCUT2D eigenvalue weighted by molar-refractivity contribution is 0.299. The summed E-state index contributed by atoms with van der Waals surface area (Å²) in [4.78, 5) is 0. The predicted octanol–water partition coefficient (Wildman–Crippen LogP) is 2.63. The van der Waals surface area contributed by atoms with Gasteiger partial charge in [0.15, 0.2) is 11.5 Å². The Kier molecular flexibility index (Phi) is 5.20. The molecule has 17 heavy (non-hydrogen) atoms. The quantitative estimate of drug-likeness (QED) is 0.573. The van der Waals surface area contributed by atoms with Crippen LogP contribution in [-0.2, 0) is 0 Å². The molecule has 0 saturated carbocycles. The third-order valence-electron chi connectivity index (χ3n) is 1.93. The van der Waals surface area contributed by atoms with E-state index in [2.05, 4.69) is 5.92 Å². The molecule has 1 aromatic rings. The molecular formula is C14H13NO2. The summed E-state index contributed by atoms with van der Waals surface area (Å²) < 4.78 is 10.8. The Morgan fingerprint density at radius 2 is 2.18 bits per heavy atom. The first-order valence-corrected chi connectivity index (χ1v) is 5.21. The largest absolute Gasteiger partial charge is 0.490 e. The fraction of sp³-hybridized carbons (Fsp3) is 0.214. The van der Waals surface area contributed by atoms with E-state index < -0.39 is 0 Å². The first kappa shape index (κ1) is 12.7. The maximum absolute atomic E-state index is 8.46. The Morgan fingerprint density at radius 3 is 2.82 bits per heavy atom. The Morgan fingerprint density at radius 1 is 1.35 bits per heavy atom. The van der Waals surface area contributed by atoms with Gasteiger partial charge >= 0.3 is 0 Å². The van der Waals surface area contributed by atoms with Crippen LogP contribution in [0, 0.1) is 23.7 Å². The van der Waals surface area contributed by atoms with Crippen molar-refractivity contribution in [1.29, 1.82) is 5.26 Å². The average Bonchev–Trinajstić information content (AvgIpc) is 2.35. The van der Waals surface area contributed by atoms with Gasteiger partial charge in [-0.1, -0.05) is 12.0 Å². The van der Waals surface area contributed by atoms with Crippen LogP contribution in [-0.4, -0.2) is 13.2 Å². The maximum atomic E-state index is 8.46. The van der Waals surface area contributed by atoms with Crippen molar-refractivity contribution >= 4 is 6.08 Å². The molecule has 1 rings (SSSR count). The van der Waals surface area contributed by atoms with Crippen LogP contribution in [0.4, 0.5) is 0 Å². The number of ether oxygens (including phenoxy) is 2. The van der Waals surface area contributed by atoms with Gasteiger partial charge in [0, 0.05) is 6.08 Å². The highest BCUT2D eigenvalue weighted by atomic mass is 16.5. The summed E-state index contributed by atoms with van der Waals surface area (Å²) >= 11 is 0.